The molecule has 0 aliphatic carbocycles. The van der Waals surface area contributed by atoms with Crippen molar-refractivity contribution in [2.45, 2.75) is 38.5 Å². The van der Waals surface area contributed by atoms with Gasteiger partial charge >= 0.3 is 0 Å². The molecule has 3 saturated heterocycles. The van der Waals surface area contributed by atoms with Crippen molar-refractivity contribution in [3.8, 4) is 0 Å². The molecule has 30 heavy (non-hydrogen) atoms. The van der Waals surface area contributed by atoms with E-state index < -0.39 is 17.0 Å². The molecule has 160 valence electrons. The maximum atomic E-state index is 14.7. The van der Waals surface area contributed by atoms with Crippen molar-refractivity contribution in [1.82, 2.24) is 9.80 Å². The molecule has 0 bridgehead atoms. The van der Waals surface area contributed by atoms with Gasteiger partial charge in [-0.15, -0.1) is 0 Å². The fourth-order valence-electron chi connectivity index (χ4n) is 4.14. The lowest BCUT2D eigenvalue weighted by atomic mass is 10.1. The summed E-state index contributed by atoms with van der Waals surface area (Å²) in [4.78, 5) is 42.4. The van der Waals surface area contributed by atoms with Crippen molar-refractivity contribution in [2.75, 3.05) is 37.6 Å². The zero-order valence-corrected chi connectivity index (χ0v) is 17.8. The molecular formula is C22H26FN3O3S. The van der Waals surface area contributed by atoms with Gasteiger partial charge in [0.25, 0.3) is 11.1 Å². The molecule has 0 unspecified atom stereocenters. The summed E-state index contributed by atoms with van der Waals surface area (Å²) in [5.74, 6) is -1.17. The van der Waals surface area contributed by atoms with Gasteiger partial charge < -0.3 is 9.80 Å². The van der Waals surface area contributed by atoms with Gasteiger partial charge in [0.2, 0.25) is 5.91 Å². The molecule has 0 spiro atoms. The SMILES string of the molecule is O=C(CN1C(=O)S/C(=C\c2ccc(N3CCCCC3)cc2F)C1=O)N1CCCCC1. The molecule has 0 saturated carbocycles. The number of hydrogen-bond acceptors (Lipinski definition) is 5. The van der Waals surface area contributed by atoms with E-state index in [9.17, 15) is 18.8 Å². The summed E-state index contributed by atoms with van der Waals surface area (Å²) < 4.78 is 14.7. The minimum absolute atomic E-state index is 0.149. The third-order valence-corrected chi connectivity index (χ3v) is 6.77. The molecular weight excluding hydrogens is 405 g/mol. The number of piperidine rings is 2. The summed E-state index contributed by atoms with van der Waals surface area (Å²) >= 11 is 0.757. The van der Waals surface area contributed by atoms with Gasteiger partial charge in [0, 0.05) is 37.4 Å². The van der Waals surface area contributed by atoms with Crippen molar-refractivity contribution in [3.63, 3.8) is 0 Å². The van der Waals surface area contributed by atoms with Crippen LogP contribution in [0.1, 0.15) is 44.1 Å². The average molecular weight is 432 g/mol. The van der Waals surface area contributed by atoms with Gasteiger partial charge in [-0.3, -0.25) is 19.3 Å². The van der Waals surface area contributed by atoms with Gasteiger partial charge in [-0.05, 0) is 74.6 Å². The van der Waals surface area contributed by atoms with Crippen molar-refractivity contribution in [1.29, 1.82) is 0 Å². The highest BCUT2D eigenvalue weighted by molar-refractivity contribution is 8.18. The first-order valence-corrected chi connectivity index (χ1v) is 11.4. The Kier molecular flexibility index (Phi) is 6.41. The van der Waals surface area contributed by atoms with Crippen LogP contribution < -0.4 is 4.90 Å². The fourth-order valence-corrected chi connectivity index (χ4v) is 4.97. The molecule has 3 heterocycles. The molecule has 0 atom stereocenters. The lowest BCUT2D eigenvalue weighted by Gasteiger charge is -2.28. The quantitative estimate of drug-likeness (QED) is 0.678. The van der Waals surface area contributed by atoms with Crippen molar-refractivity contribution in [3.05, 3.63) is 34.5 Å². The van der Waals surface area contributed by atoms with Crippen LogP contribution in [0.4, 0.5) is 14.9 Å². The van der Waals surface area contributed by atoms with Gasteiger partial charge in [-0.2, -0.15) is 0 Å². The van der Waals surface area contributed by atoms with E-state index in [1.54, 1.807) is 11.0 Å². The van der Waals surface area contributed by atoms with Crippen LogP contribution >= 0.6 is 11.8 Å². The monoisotopic (exact) mass is 431 g/mol. The number of anilines is 1. The number of carbonyl (C=O) groups is 3. The van der Waals surface area contributed by atoms with Crippen LogP contribution in [0.25, 0.3) is 6.08 Å². The number of carbonyl (C=O) groups excluding carboxylic acids is 3. The van der Waals surface area contributed by atoms with Crippen LogP contribution in [0.2, 0.25) is 0 Å². The second-order valence-corrected chi connectivity index (χ2v) is 8.96. The molecule has 3 amide bonds. The molecule has 1 aromatic rings. The number of benzene rings is 1. The Balaban J connectivity index is 1.45. The first-order valence-electron chi connectivity index (χ1n) is 10.6. The zero-order valence-electron chi connectivity index (χ0n) is 16.9. The molecule has 8 heteroatoms. The Hall–Kier alpha value is -2.35. The second kappa shape index (κ2) is 9.20. The number of thioether (sulfide) groups is 1. The highest BCUT2D eigenvalue weighted by Gasteiger charge is 2.37. The molecule has 0 aromatic heterocycles. The third-order valence-electron chi connectivity index (χ3n) is 5.87. The van der Waals surface area contributed by atoms with E-state index in [0.29, 0.717) is 13.1 Å². The van der Waals surface area contributed by atoms with E-state index in [0.717, 1.165) is 67.5 Å². The Labute approximate surface area is 180 Å². The smallest absolute Gasteiger partial charge is 0.294 e. The first-order chi connectivity index (χ1) is 14.5. The topological polar surface area (TPSA) is 60.9 Å². The Morgan fingerprint density at radius 2 is 1.67 bits per heavy atom. The molecule has 1 aromatic carbocycles. The first kappa shape index (κ1) is 20.9. The minimum Gasteiger partial charge on any atom is -0.371 e. The van der Waals surface area contributed by atoms with Gasteiger partial charge in [0.1, 0.15) is 12.4 Å². The second-order valence-electron chi connectivity index (χ2n) is 7.96. The molecule has 0 N–H and O–H groups in total. The van der Waals surface area contributed by atoms with Crippen molar-refractivity contribution < 1.29 is 18.8 Å². The number of amides is 3. The van der Waals surface area contributed by atoms with E-state index in [4.69, 9.17) is 0 Å². The van der Waals surface area contributed by atoms with E-state index in [1.165, 1.54) is 18.6 Å². The van der Waals surface area contributed by atoms with Gasteiger partial charge in [-0.1, -0.05) is 0 Å². The summed E-state index contributed by atoms with van der Waals surface area (Å²) in [6, 6.07) is 4.98. The summed E-state index contributed by atoms with van der Waals surface area (Å²) in [5.41, 5.74) is 1.10. The van der Waals surface area contributed by atoms with Crippen molar-refractivity contribution >= 4 is 40.6 Å². The molecule has 3 aliphatic heterocycles. The fraction of sp³-hybridized carbons (Fsp3) is 0.500. The molecule has 4 rings (SSSR count). The van der Waals surface area contributed by atoms with Crippen LogP contribution in [0.5, 0.6) is 0 Å². The number of likely N-dealkylation sites (tertiary alicyclic amines) is 1. The average Bonchev–Trinajstić information content (AvgIpc) is 3.03. The van der Waals surface area contributed by atoms with Crippen LogP contribution in [0, 0.1) is 5.82 Å². The van der Waals surface area contributed by atoms with Crippen molar-refractivity contribution in [2.24, 2.45) is 0 Å². The van der Waals surface area contributed by atoms with E-state index in [1.807, 2.05) is 6.07 Å². The highest BCUT2D eigenvalue weighted by atomic mass is 32.2. The number of imide groups is 1. The maximum absolute atomic E-state index is 14.7. The summed E-state index contributed by atoms with van der Waals surface area (Å²) in [6.07, 6.45) is 7.80. The van der Waals surface area contributed by atoms with E-state index in [2.05, 4.69) is 4.90 Å². The van der Waals surface area contributed by atoms with Crippen LogP contribution in [0.3, 0.4) is 0 Å². The standard InChI is InChI=1S/C22H26FN3O3S/c23-18-14-17(24-9-3-1-4-10-24)8-7-16(18)13-19-21(28)26(22(29)30-19)15-20(27)25-11-5-2-6-12-25/h7-8,13-14H,1-6,9-12,15H2/b19-13-. The molecule has 6 nitrogen and oxygen atoms in total. The number of hydrogen-bond donors (Lipinski definition) is 0. The largest absolute Gasteiger partial charge is 0.371 e. The highest BCUT2D eigenvalue weighted by Crippen LogP contribution is 2.33. The van der Waals surface area contributed by atoms with Crippen LogP contribution in [0.15, 0.2) is 23.1 Å². The van der Waals surface area contributed by atoms with Crippen LogP contribution in [-0.4, -0.2) is 59.6 Å². The normalized spacial score (nSPS) is 21.6. The predicted molar refractivity (Wildman–Crippen MR) is 116 cm³/mol. The zero-order chi connectivity index (χ0) is 21.1. The maximum Gasteiger partial charge on any atom is 0.294 e. The lowest BCUT2D eigenvalue weighted by molar-refractivity contribution is -0.136. The molecule has 3 aliphatic rings. The van der Waals surface area contributed by atoms with Gasteiger partial charge in [0.15, 0.2) is 0 Å². The molecule has 3 fully saturated rings. The molecule has 0 radical (unpaired) electrons. The van der Waals surface area contributed by atoms with E-state index in [-0.39, 0.29) is 22.9 Å². The summed E-state index contributed by atoms with van der Waals surface area (Å²) in [7, 11) is 0. The Morgan fingerprint density at radius 1 is 1.00 bits per heavy atom. The number of rotatable bonds is 4. The van der Waals surface area contributed by atoms with Gasteiger partial charge in [0.05, 0.1) is 4.91 Å². The summed E-state index contributed by atoms with van der Waals surface area (Å²) in [6.45, 7) is 2.92. The van der Waals surface area contributed by atoms with E-state index >= 15 is 0 Å². The Bertz CT molecular complexity index is 876. The minimum atomic E-state index is -0.533. The van der Waals surface area contributed by atoms with Gasteiger partial charge in [-0.25, -0.2) is 4.39 Å². The van der Waals surface area contributed by atoms with Crippen LogP contribution in [-0.2, 0) is 9.59 Å². The summed E-state index contributed by atoms with van der Waals surface area (Å²) in [5, 5.41) is -0.484. The third kappa shape index (κ3) is 4.53. The number of nitrogens with zero attached hydrogens (tertiary/aromatic N) is 3. The Morgan fingerprint density at radius 3 is 2.33 bits per heavy atom. The predicted octanol–water partition coefficient (Wildman–Crippen LogP) is 3.86. The number of halogens is 1. The lowest BCUT2D eigenvalue weighted by Crippen LogP contribution is -2.44.